The molecule has 0 atom stereocenters. The molecule has 1 heterocycles. The molecule has 24 heavy (non-hydrogen) atoms. The molecule has 5 nitrogen and oxygen atoms in total. The number of piperidine rings is 1. The molecule has 1 saturated heterocycles. The molecule has 0 aromatic carbocycles. The minimum absolute atomic E-state index is 0.0256. The van der Waals surface area contributed by atoms with Crippen molar-refractivity contribution in [2.75, 3.05) is 20.2 Å². The van der Waals surface area contributed by atoms with Crippen molar-refractivity contribution in [1.29, 1.82) is 0 Å². The Morgan fingerprint density at radius 2 is 1.54 bits per heavy atom. The quantitative estimate of drug-likeness (QED) is 0.777. The highest BCUT2D eigenvalue weighted by molar-refractivity contribution is 5.79. The van der Waals surface area contributed by atoms with Gasteiger partial charge in [-0.15, -0.1) is 0 Å². The summed E-state index contributed by atoms with van der Waals surface area (Å²) in [5.41, 5.74) is 0.514. The van der Waals surface area contributed by atoms with Gasteiger partial charge in [0.05, 0.1) is 13.0 Å². The second kappa shape index (κ2) is 7.85. The number of hydrogen-bond acceptors (Lipinski definition) is 4. The fourth-order valence-corrected chi connectivity index (χ4v) is 4.91. The molecular weight excluding hydrogens is 304 g/mol. The van der Waals surface area contributed by atoms with Gasteiger partial charge in [0, 0.05) is 12.0 Å². The third kappa shape index (κ3) is 4.11. The standard InChI is InChI=1S/C19H32N2O3/c1-24-18(23)15-2-4-16(5-3-15)21-17(22)14-6-8-19(9-7-14)10-12-20-13-11-19/h14-16,20H,2-13H2,1H3,(H,21,22). The average molecular weight is 336 g/mol. The van der Waals surface area contributed by atoms with Crippen molar-refractivity contribution < 1.29 is 14.3 Å². The molecule has 3 aliphatic rings. The number of amides is 1. The van der Waals surface area contributed by atoms with E-state index < -0.39 is 0 Å². The lowest BCUT2D eigenvalue weighted by Crippen LogP contribution is -2.45. The second-order valence-electron chi connectivity index (χ2n) is 8.10. The lowest BCUT2D eigenvalue weighted by atomic mass is 9.65. The number of carbonyl (C=O) groups excluding carboxylic acids is 2. The van der Waals surface area contributed by atoms with E-state index >= 15 is 0 Å². The summed E-state index contributed by atoms with van der Waals surface area (Å²) < 4.78 is 4.83. The first kappa shape index (κ1) is 17.7. The highest BCUT2D eigenvalue weighted by Crippen LogP contribution is 2.45. The van der Waals surface area contributed by atoms with Gasteiger partial charge in [0.15, 0.2) is 0 Å². The summed E-state index contributed by atoms with van der Waals surface area (Å²) in [5.74, 6) is 0.376. The van der Waals surface area contributed by atoms with Crippen LogP contribution in [0.4, 0.5) is 0 Å². The van der Waals surface area contributed by atoms with Crippen LogP contribution in [0.25, 0.3) is 0 Å². The summed E-state index contributed by atoms with van der Waals surface area (Å²) in [6.07, 6.45) is 10.5. The van der Waals surface area contributed by atoms with Crippen LogP contribution in [0.2, 0.25) is 0 Å². The lowest BCUT2D eigenvalue weighted by Gasteiger charge is -2.43. The van der Waals surface area contributed by atoms with Gasteiger partial charge in [-0.2, -0.15) is 0 Å². The van der Waals surface area contributed by atoms with Crippen LogP contribution in [-0.4, -0.2) is 38.1 Å². The molecule has 2 saturated carbocycles. The summed E-state index contributed by atoms with van der Waals surface area (Å²) in [5, 5.41) is 6.70. The Kier molecular flexibility index (Phi) is 5.80. The molecule has 0 radical (unpaired) electrons. The predicted molar refractivity (Wildman–Crippen MR) is 92.4 cm³/mol. The fraction of sp³-hybridized carbons (Fsp3) is 0.895. The van der Waals surface area contributed by atoms with Crippen molar-refractivity contribution in [2.45, 2.75) is 70.3 Å². The minimum Gasteiger partial charge on any atom is -0.469 e. The van der Waals surface area contributed by atoms with Crippen LogP contribution in [0.5, 0.6) is 0 Å². The number of carbonyl (C=O) groups is 2. The smallest absolute Gasteiger partial charge is 0.308 e. The topological polar surface area (TPSA) is 67.4 Å². The Balaban J connectivity index is 1.41. The molecule has 3 fully saturated rings. The Morgan fingerprint density at radius 1 is 0.917 bits per heavy atom. The normalized spacial score (nSPS) is 30.7. The largest absolute Gasteiger partial charge is 0.469 e. The van der Waals surface area contributed by atoms with Crippen LogP contribution in [0.15, 0.2) is 0 Å². The molecule has 2 N–H and O–H groups in total. The van der Waals surface area contributed by atoms with Crippen LogP contribution in [0.3, 0.4) is 0 Å². The second-order valence-corrected chi connectivity index (χ2v) is 8.10. The number of methoxy groups -OCH3 is 1. The van der Waals surface area contributed by atoms with Crippen LogP contribution in [-0.2, 0) is 14.3 Å². The number of esters is 1. The van der Waals surface area contributed by atoms with Gasteiger partial charge in [-0.3, -0.25) is 9.59 Å². The van der Waals surface area contributed by atoms with Crippen molar-refractivity contribution in [2.24, 2.45) is 17.3 Å². The van der Waals surface area contributed by atoms with Crippen molar-refractivity contribution in [3.05, 3.63) is 0 Å². The summed E-state index contributed by atoms with van der Waals surface area (Å²) in [6.45, 7) is 2.28. The van der Waals surface area contributed by atoms with E-state index in [0.717, 1.165) is 51.6 Å². The van der Waals surface area contributed by atoms with E-state index in [9.17, 15) is 9.59 Å². The number of rotatable bonds is 3. The summed E-state index contributed by atoms with van der Waals surface area (Å²) in [4.78, 5) is 24.2. The van der Waals surface area contributed by atoms with Gasteiger partial charge in [-0.25, -0.2) is 0 Å². The third-order valence-electron chi connectivity index (χ3n) is 6.69. The van der Waals surface area contributed by atoms with Gasteiger partial charge >= 0.3 is 5.97 Å². The molecule has 1 spiro atoms. The van der Waals surface area contributed by atoms with Crippen molar-refractivity contribution >= 4 is 11.9 Å². The molecule has 2 aliphatic carbocycles. The lowest BCUT2D eigenvalue weighted by molar-refractivity contribution is -0.146. The maximum absolute atomic E-state index is 12.6. The maximum Gasteiger partial charge on any atom is 0.308 e. The van der Waals surface area contributed by atoms with Crippen LogP contribution in [0, 0.1) is 17.3 Å². The van der Waals surface area contributed by atoms with Gasteiger partial charge in [-0.05, 0) is 82.7 Å². The molecule has 0 unspecified atom stereocenters. The molecule has 0 aromatic heterocycles. The molecule has 1 amide bonds. The molecule has 1 aliphatic heterocycles. The molecule has 0 aromatic rings. The highest BCUT2D eigenvalue weighted by Gasteiger charge is 2.38. The Morgan fingerprint density at radius 3 is 2.12 bits per heavy atom. The predicted octanol–water partition coefficient (Wildman–Crippen LogP) is 2.39. The van der Waals surface area contributed by atoms with E-state index in [-0.39, 0.29) is 29.8 Å². The van der Waals surface area contributed by atoms with Gasteiger partial charge in [0.1, 0.15) is 0 Å². The Bertz CT molecular complexity index is 442. The summed E-state index contributed by atoms with van der Waals surface area (Å²) in [6, 6.07) is 0.244. The van der Waals surface area contributed by atoms with Crippen LogP contribution in [0.1, 0.15) is 64.2 Å². The van der Waals surface area contributed by atoms with E-state index in [0.29, 0.717) is 5.41 Å². The monoisotopic (exact) mass is 336 g/mol. The van der Waals surface area contributed by atoms with E-state index in [1.807, 2.05) is 0 Å². The number of hydrogen-bond donors (Lipinski definition) is 2. The van der Waals surface area contributed by atoms with Crippen molar-refractivity contribution in [3.63, 3.8) is 0 Å². The molecule has 3 rings (SSSR count). The molecular formula is C19H32N2O3. The van der Waals surface area contributed by atoms with E-state index in [4.69, 9.17) is 4.74 Å². The zero-order chi connectivity index (χ0) is 17.0. The van der Waals surface area contributed by atoms with E-state index in [2.05, 4.69) is 10.6 Å². The van der Waals surface area contributed by atoms with E-state index in [1.54, 1.807) is 0 Å². The first-order valence-electron chi connectivity index (χ1n) is 9.71. The average Bonchev–Trinajstić information content (AvgIpc) is 2.63. The van der Waals surface area contributed by atoms with Crippen molar-refractivity contribution in [3.8, 4) is 0 Å². The zero-order valence-corrected chi connectivity index (χ0v) is 14.9. The van der Waals surface area contributed by atoms with E-state index in [1.165, 1.54) is 32.8 Å². The van der Waals surface area contributed by atoms with Gasteiger partial charge in [-0.1, -0.05) is 0 Å². The summed E-state index contributed by atoms with van der Waals surface area (Å²) in [7, 11) is 1.45. The zero-order valence-electron chi connectivity index (χ0n) is 14.9. The maximum atomic E-state index is 12.6. The van der Waals surface area contributed by atoms with Crippen molar-refractivity contribution in [1.82, 2.24) is 10.6 Å². The van der Waals surface area contributed by atoms with Gasteiger partial charge < -0.3 is 15.4 Å². The Labute approximate surface area is 145 Å². The fourth-order valence-electron chi connectivity index (χ4n) is 4.91. The number of ether oxygens (including phenoxy) is 1. The Hall–Kier alpha value is -1.10. The SMILES string of the molecule is COC(=O)C1CCC(NC(=O)C2CCC3(CCNCC3)CC2)CC1. The first-order valence-corrected chi connectivity index (χ1v) is 9.71. The number of nitrogens with one attached hydrogen (secondary N) is 2. The minimum atomic E-state index is -0.0978. The summed E-state index contributed by atoms with van der Waals surface area (Å²) >= 11 is 0. The van der Waals surface area contributed by atoms with Gasteiger partial charge in [0.25, 0.3) is 0 Å². The van der Waals surface area contributed by atoms with Crippen LogP contribution < -0.4 is 10.6 Å². The molecule has 136 valence electrons. The van der Waals surface area contributed by atoms with Crippen LogP contribution >= 0.6 is 0 Å². The van der Waals surface area contributed by atoms with Gasteiger partial charge in [0.2, 0.25) is 5.91 Å². The molecule has 0 bridgehead atoms. The molecule has 5 heteroatoms. The third-order valence-corrected chi connectivity index (χ3v) is 6.69. The first-order chi connectivity index (χ1) is 11.6. The highest BCUT2D eigenvalue weighted by atomic mass is 16.5.